The summed E-state index contributed by atoms with van der Waals surface area (Å²) >= 11 is 0. The number of hydrogen-bond acceptors (Lipinski definition) is 5. The van der Waals surface area contributed by atoms with Crippen molar-refractivity contribution >= 4 is 22.6 Å². The number of ether oxygens (including phenoxy) is 3. The summed E-state index contributed by atoms with van der Waals surface area (Å²) in [7, 11) is 1.31. The maximum absolute atomic E-state index is 13.5. The van der Waals surface area contributed by atoms with E-state index in [0.29, 0.717) is 16.7 Å². The third-order valence-electron chi connectivity index (χ3n) is 6.78. The summed E-state index contributed by atoms with van der Waals surface area (Å²) in [5, 5.41) is 4.45. The monoisotopic (exact) mass is 529 g/mol. The van der Waals surface area contributed by atoms with E-state index in [1.807, 2.05) is 31.2 Å². The molecule has 0 heterocycles. The first-order valence-corrected chi connectivity index (χ1v) is 12.5. The Morgan fingerprint density at radius 2 is 1.68 bits per heavy atom. The summed E-state index contributed by atoms with van der Waals surface area (Å²) < 4.78 is 52.5. The van der Waals surface area contributed by atoms with Crippen LogP contribution in [0, 0.1) is 12.8 Å². The van der Waals surface area contributed by atoms with Gasteiger partial charge < -0.3 is 19.5 Å². The molecule has 202 valence electrons. The van der Waals surface area contributed by atoms with Gasteiger partial charge in [0, 0.05) is 5.39 Å². The van der Waals surface area contributed by atoms with Crippen molar-refractivity contribution < 1.29 is 37.0 Å². The van der Waals surface area contributed by atoms with Crippen LogP contribution in [0.4, 0.5) is 13.2 Å². The minimum atomic E-state index is -4.78. The fraction of sp³-hybridized carbons (Fsp3) is 0.379. The topological polar surface area (TPSA) is 73.9 Å². The number of nitrogens with one attached hydrogen (secondary N) is 1. The summed E-state index contributed by atoms with van der Waals surface area (Å²) in [5.74, 6) is -0.960. The lowest BCUT2D eigenvalue weighted by molar-refractivity contribution is -0.274. The van der Waals surface area contributed by atoms with Crippen molar-refractivity contribution in [2.45, 2.75) is 58.0 Å². The van der Waals surface area contributed by atoms with Crippen molar-refractivity contribution in [1.82, 2.24) is 5.32 Å². The molecule has 1 aliphatic carbocycles. The summed E-state index contributed by atoms with van der Waals surface area (Å²) in [6, 6.07) is 13.8. The molecular weight excluding hydrogens is 499 g/mol. The fourth-order valence-electron chi connectivity index (χ4n) is 4.87. The lowest BCUT2D eigenvalue weighted by Gasteiger charge is -2.29. The number of hydrogen-bond donors (Lipinski definition) is 1. The van der Waals surface area contributed by atoms with Crippen molar-refractivity contribution in [1.29, 1.82) is 0 Å². The molecule has 3 aromatic carbocycles. The lowest BCUT2D eigenvalue weighted by atomic mass is 9.83. The number of aryl methyl sites for hydroxylation is 1. The second-order valence-corrected chi connectivity index (χ2v) is 9.52. The van der Waals surface area contributed by atoms with Crippen LogP contribution in [0.5, 0.6) is 11.5 Å². The molecule has 3 aromatic rings. The molecule has 1 atom stereocenters. The molecule has 0 spiro atoms. The van der Waals surface area contributed by atoms with Crippen molar-refractivity contribution in [3.05, 3.63) is 71.3 Å². The van der Waals surface area contributed by atoms with Crippen molar-refractivity contribution in [2.75, 3.05) is 7.11 Å². The van der Waals surface area contributed by atoms with Gasteiger partial charge in [0.1, 0.15) is 24.1 Å². The smallest absolute Gasteiger partial charge is 0.487 e. The van der Waals surface area contributed by atoms with Crippen LogP contribution < -0.4 is 14.8 Å². The Labute approximate surface area is 219 Å². The van der Waals surface area contributed by atoms with E-state index < -0.39 is 24.3 Å². The predicted molar refractivity (Wildman–Crippen MR) is 136 cm³/mol. The summed E-state index contributed by atoms with van der Waals surface area (Å²) in [5.41, 5.74) is 1.80. The van der Waals surface area contributed by atoms with Gasteiger partial charge in [-0.25, -0.2) is 4.79 Å². The first kappa shape index (κ1) is 27.3. The van der Waals surface area contributed by atoms with E-state index in [-0.39, 0.29) is 23.8 Å². The minimum Gasteiger partial charge on any atom is -0.487 e. The molecule has 0 radical (unpaired) electrons. The molecule has 9 heteroatoms. The van der Waals surface area contributed by atoms with Crippen molar-refractivity contribution in [3.63, 3.8) is 0 Å². The fourth-order valence-corrected chi connectivity index (χ4v) is 4.87. The number of esters is 1. The molecular formula is C29H30F3NO5. The van der Waals surface area contributed by atoms with E-state index in [9.17, 15) is 22.8 Å². The molecule has 4 rings (SSSR count). The zero-order chi connectivity index (χ0) is 27.3. The number of fused-ring (bicyclic) bond motifs is 1. The maximum atomic E-state index is 13.5. The third-order valence-corrected chi connectivity index (χ3v) is 6.78. The van der Waals surface area contributed by atoms with E-state index in [0.717, 1.165) is 43.1 Å². The Morgan fingerprint density at radius 3 is 2.34 bits per heavy atom. The van der Waals surface area contributed by atoms with Crippen LogP contribution in [0.1, 0.15) is 53.6 Å². The normalized spacial score (nSPS) is 15.1. The van der Waals surface area contributed by atoms with Crippen molar-refractivity contribution in [2.24, 2.45) is 5.92 Å². The Bertz CT molecular complexity index is 1280. The van der Waals surface area contributed by atoms with Crippen LogP contribution in [0.3, 0.4) is 0 Å². The Balaban J connectivity index is 1.61. The van der Waals surface area contributed by atoms with Gasteiger partial charge in [0.15, 0.2) is 0 Å². The van der Waals surface area contributed by atoms with E-state index in [4.69, 9.17) is 9.47 Å². The number of carbonyl (C=O) groups excluding carboxylic acids is 2. The second kappa shape index (κ2) is 11.8. The number of halogens is 3. The highest BCUT2D eigenvalue weighted by atomic mass is 19.4. The number of rotatable bonds is 8. The molecule has 0 unspecified atom stereocenters. The average Bonchev–Trinajstić information content (AvgIpc) is 2.90. The Hall–Kier alpha value is -3.75. The summed E-state index contributed by atoms with van der Waals surface area (Å²) in [6.45, 7) is 1.92. The number of benzene rings is 3. The van der Waals surface area contributed by atoms with E-state index in [2.05, 4.69) is 10.1 Å². The van der Waals surface area contributed by atoms with Crippen LogP contribution in [0.25, 0.3) is 10.8 Å². The van der Waals surface area contributed by atoms with Crippen molar-refractivity contribution in [3.8, 4) is 11.5 Å². The number of carbonyl (C=O) groups is 2. The molecule has 1 saturated carbocycles. The molecule has 1 N–H and O–H groups in total. The highest BCUT2D eigenvalue weighted by Gasteiger charge is 2.33. The highest BCUT2D eigenvalue weighted by Crippen LogP contribution is 2.33. The number of methoxy groups -OCH3 is 1. The summed E-state index contributed by atoms with van der Waals surface area (Å²) in [4.78, 5) is 26.1. The van der Waals surface area contributed by atoms with Crippen LogP contribution >= 0.6 is 0 Å². The van der Waals surface area contributed by atoms with Gasteiger partial charge in [-0.05, 0) is 60.9 Å². The zero-order valence-electron chi connectivity index (χ0n) is 21.3. The van der Waals surface area contributed by atoms with Gasteiger partial charge in [0.25, 0.3) is 5.91 Å². The van der Waals surface area contributed by atoms with Gasteiger partial charge in [-0.1, -0.05) is 55.2 Å². The quantitative estimate of drug-likeness (QED) is 0.338. The molecule has 6 nitrogen and oxygen atoms in total. The highest BCUT2D eigenvalue weighted by molar-refractivity contribution is 6.05. The predicted octanol–water partition coefficient (Wildman–Crippen LogP) is 6.48. The van der Waals surface area contributed by atoms with Gasteiger partial charge in [0.05, 0.1) is 12.7 Å². The molecule has 0 aromatic heterocycles. The average molecular weight is 530 g/mol. The van der Waals surface area contributed by atoms with E-state index in [1.165, 1.54) is 31.4 Å². The van der Waals surface area contributed by atoms with Crippen LogP contribution in [0.2, 0.25) is 0 Å². The molecule has 0 aliphatic heterocycles. The van der Waals surface area contributed by atoms with Crippen LogP contribution in [0.15, 0.2) is 54.6 Å². The molecule has 1 fully saturated rings. The van der Waals surface area contributed by atoms with Crippen LogP contribution in [-0.2, 0) is 16.1 Å². The first-order valence-electron chi connectivity index (χ1n) is 12.5. The van der Waals surface area contributed by atoms with Gasteiger partial charge in [-0.15, -0.1) is 13.2 Å². The minimum absolute atomic E-state index is 0.00267. The largest absolute Gasteiger partial charge is 0.573 e. The van der Waals surface area contributed by atoms with Gasteiger partial charge in [-0.2, -0.15) is 0 Å². The lowest BCUT2D eigenvalue weighted by Crippen LogP contribution is -2.47. The Morgan fingerprint density at radius 1 is 1.00 bits per heavy atom. The zero-order valence-corrected chi connectivity index (χ0v) is 21.3. The van der Waals surface area contributed by atoms with Crippen LogP contribution in [-0.4, -0.2) is 31.4 Å². The molecule has 1 aliphatic rings. The Kier molecular flexibility index (Phi) is 8.44. The molecule has 38 heavy (non-hydrogen) atoms. The molecule has 1 amide bonds. The first-order chi connectivity index (χ1) is 18.1. The standard InChI is InChI=1S/C29H30F3NO5/c1-18-8-11-20-12-15-23(27(34)33-25(28(35)36-2)21-6-4-3-5-7-21)26(24(20)16-18)37-17-19-9-13-22(14-10-19)38-29(30,31)32/h8-16,21,25H,3-7,17H2,1-2H3,(H,33,34)/t25-/m0/s1. The number of amides is 1. The van der Waals surface area contributed by atoms with Gasteiger partial charge >= 0.3 is 12.3 Å². The van der Waals surface area contributed by atoms with E-state index in [1.54, 1.807) is 6.07 Å². The summed E-state index contributed by atoms with van der Waals surface area (Å²) in [6.07, 6.45) is -0.0396. The van der Waals surface area contributed by atoms with Gasteiger partial charge in [0.2, 0.25) is 0 Å². The van der Waals surface area contributed by atoms with E-state index >= 15 is 0 Å². The number of alkyl halides is 3. The SMILES string of the molecule is COC(=O)[C@@H](NC(=O)c1ccc2ccc(C)cc2c1OCc1ccc(OC(F)(F)F)cc1)C1CCCCC1. The van der Waals surface area contributed by atoms with Gasteiger partial charge in [-0.3, -0.25) is 4.79 Å². The second-order valence-electron chi connectivity index (χ2n) is 9.52. The maximum Gasteiger partial charge on any atom is 0.573 e. The third kappa shape index (κ3) is 6.76. The molecule has 0 saturated heterocycles. The molecule has 0 bridgehead atoms.